The first-order valence-corrected chi connectivity index (χ1v) is 9.20. The van der Waals surface area contributed by atoms with Crippen molar-refractivity contribution in [3.05, 3.63) is 35.7 Å². The number of methoxy groups -OCH3 is 1. The summed E-state index contributed by atoms with van der Waals surface area (Å²) in [6.07, 6.45) is 0.931. The van der Waals surface area contributed by atoms with Crippen molar-refractivity contribution in [3.63, 3.8) is 0 Å². The Morgan fingerprint density at radius 3 is 2.57 bits per heavy atom. The number of ether oxygens (including phenoxy) is 2. The fourth-order valence-electron chi connectivity index (χ4n) is 3.34. The second-order valence-electron chi connectivity index (χ2n) is 6.90. The van der Waals surface area contributed by atoms with Crippen LogP contribution in [-0.4, -0.2) is 65.3 Å². The largest absolute Gasteiger partial charge is 0.491 e. The van der Waals surface area contributed by atoms with Crippen LogP contribution in [0.3, 0.4) is 0 Å². The molecule has 0 bridgehead atoms. The molecule has 1 aliphatic rings. The number of halogens is 1. The molecule has 2 heterocycles. The van der Waals surface area contributed by atoms with E-state index in [4.69, 9.17) is 15.2 Å². The summed E-state index contributed by atoms with van der Waals surface area (Å²) in [6, 6.07) is 7.58. The van der Waals surface area contributed by atoms with Gasteiger partial charge in [0.25, 0.3) is 5.91 Å². The van der Waals surface area contributed by atoms with Gasteiger partial charge in [0.05, 0.1) is 18.0 Å². The van der Waals surface area contributed by atoms with Gasteiger partial charge in [0, 0.05) is 19.7 Å². The van der Waals surface area contributed by atoms with Crippen molar-refractivity contribution in [1.82, 2.24) is 19.9 Å². The number of benzene rings is 1. The van der Waals surface area contributed by atoms with Crippen molar-refractivity contribution in [2.75, 3.05) is 33.4 Å². The van der Waals surface area contributed by atoms with Gasteiger partial charge in [0.2, 0.25) is 0 Å². The Kier molecular flexibility index (Phi) is 7.79. The molecule has 8 nitrogen and oxygen atoms in total. The van der Waals surface area contributed by atoms with Crippen LogP contribution >= 0.6 is 12.4 Å². The maximum atomic E-state index is 12.9. The highest BCUT2D eigenvalue weighted by molar-refractivity contribution is 5.93. The van der Waals surface area contributed by atoms with Crippen LogP contribution in [0.4, 0.5) is 0 Å². The fourth-order valence-corrected chi connectivity index (χ4v) is 3.34. The number of aryl methyl sites for hydroxylation is 1. The average molecular weight is 410 g/mol. The number of amides is 1. The molecule has 0 saturated carbocycles. The zero-order valence-electron chi connectivity index (χ0n) is 16.5. The minimum absolute atomic E-state index is 0. The van der Waals surface area contributed by atoms with Crippen LogP contribution in [0.25, 0.3) is 5.69 Å². The van der Waals surface area contributed by atoms with Crippen molar-refractivity contribution < 1.29 is 14.3 Å². The molecule has 2 atom stereocenters. The Morgan fingerprint density at radius 1 is 1.25 bits per heavy atom. The van der Waals surface area contributed by atoms with Crippen LogP contribution in [0.2, 0.25) is 0 Å². The molecule has 2 unspecified atom stereocenters. The number of hydrogen-bond acceptors (Lipinski definition) is 6. The van der Waals surface area contributed by atoms with Gasteiger partial charge in [-0.05, 0) is 57.0 Å². The normalized spacial score (nSPS) is 18.8. The maximum Gasteiger partial charge on any atom is 0.276 e. The van der Waals surface area contributed by atoms with Crippen LogP contribution in [0.15, 0.2) is 24.3 Å². The van der Waals surface area contributed by atoms with E-state index in [1.165, 1.54) is 4.80 Å². The summed E-state index contributed by atoms with van der Waals surface area (Å²) in [5, 5.41) is 8.85. The summed E-state index contributed by atoms with van der Waals surface area (Å²) in [5.74, 6) is 1.02. The van der Waals surface area contributed by atoms with Crippen LogP contribution in [0.5, 0.6) is 5.75 Å². The van der Waals surface area contributed by atoms with Crippen LogP contribution in [0, 0.1) is 12.8 Å². The predicted molar refractivity (Wildman–Crippen MR) is 108 cm³/mol. The van der Waals surface area contributed by atoms with Gasteiger partial charge >= 0.3 is 0 Å². The third-order valence-corrected chi connectivity index (χ3v) is 4.86. The topological polar surface area (TPSA) is 95.5 Å². The molecule has 1 aliphatic heterocycles. The molecule has 1 fully saturated rings. The van der Waals surface area contributed by atoms with Crippen molar-refractivity contribution in [2.24, 2.45) is 11.7 Å². The van der Waals surface area contributed by atoms with E-state index in [1.807, 2.05) is 29.2 Å². The molecule has 1 saturated heterocycles. The van der Waals surface area contributed by atoms with Gasteiger partial charge in [-0.1, -0.05) is 0 Å². The molecule has 0 aliphatic carbocycles. The Balaban J connectivity index is 0.00000280. The number of carbonyl (C=O) groups excluding carboxylic acids is 1. The summed E-state index contributed by atoms with van der Waals surface area (Å²) < 4.78 is 10.5. The van der Waals surface area contributed by atoms with Crippen molar-refractivity contribution in [2.45, 2.75) is 26.3 Å². The molecule has 1 amide bonds. The van der Waals surface area contributed by atoms with Gasteiger partial charge in [-0.15, -0.1) is 17.5 Å². The summed E-state index contributed by atoms with van der Waals surface area (Å²) in [7, 11) is 1.64. The van der Waals surface area contributed by atoms with E-state index in [0.29, 0.717) is 43.6 Å². The van der Waals surface area contributed by atoms with Crippen molar-refractivity contribution >= 4 is 18.3 Å². The molecular formula is C19H28ClN5O3. The molecule has 0 radical (unpaired) electrons. The monoisotopic (exact) mass is 409 g/mol. The zero-order valence-corrected chi connectivity index (χ0v) is 17.3. The highest BCUT2D eigenvalue weighted by atomic mass is 35.5. The molecule has 3 rings (SSSR count). The van der Waals surface area contributed by atoms with E-state index >= 15 is 0 Å². The lowest BCUT2D eigenvalue weighted by Gasteiger charge is -2.20. The van der Waals surface area contributed by atoms with Gasteiger partial charge in [0.15, 0.2) is 5.69 Å². The Hall–Kier alpha value is -2.16. The van der Waals surface area contributed by atoms with Crippen molar-refractivity contribution in [3.8, 4) is 11.4 Å². The van der Waals surface area contributed by atoms with Gasteiger partial charge in [0.1, 0.15) is 12.4 Å². The number of likely N-dealkylation sites (tertiary alicyclic amines) is 1. The number of rotatable bonds is 7. The molecule has 154 valence electrons. The Labute approximate surface area is 171 Å². The number of nitrogens with zero attached hydrogens (tertiary/aromatic N) is 4. The molecule has 1 aromatic heterocycles. The first-order chi connectivity index (χ1) is 13.0. The summed E-state index contributed by atoms with van der Waals surface area (Å²) in [6.45, 7) is 6.16. The highest BCUT2D eigenvalue weighted by Crippen LogP contribution is 2.24. The van der Waals surface area contributed by atoms with Gasteiger partial charge in [-0.3, -0.25) is 4.79 Å². The van der Waals surface area contributed by atoms with E-state index < -0.39 is 0 Å². The van der Waals surface area contributed by atoms with E-state index in [1.54, 1.807) is 14.0 Å². The van der Waals surface area contributed by atoms with Crippen LogP contribution in [0.1, 0.15) is 29.5 Å². The second kappa shape index (κ2) is 9.86. The third-order valence-electron chi connectivity index (χ3n) is 4.86. The predicted octanol–water partition coefficient (Wildman–Crippen LogP) is 1.83. The SMILES string of the molecule is COCCOc1ccc(-n2nc(C)c(C(=O)N3CC(CN)CC3C)n2)cc1.Cl. The Morgan fingerprint density at radius 2 is 1.96 bits per heavy atom. The first-order valence-electron chi connectivity index (χ1n) is 9.20. The molecular weight excluding hydrogens is 382 g/mol. The molecule has 9 heteroatoms. The quantitative estimate of drug-likeness (QED) is 0.701. The molecule has 0 spiro atoms. The minimum atomic E-state index is -0.0817. The molecule has 2 aromatic rings. The smallest absolute Gasteiger partial charge is 0.276 e. The van der Waals surface area contributed by atoms with Gasteiger partial charge in [-0.2, -0.15) is 9.90 Å². The molecule has 1 aromatic carbocycles. The lowest BCUT2D eigenvalue weighted by molar-refractivity contribution is 0.0736. The van der Waals surface area contributed by atoms with Crippen LogP contribution < -0.4 is 10.5 Å². The third kappa shape index (κ3) is 4.81. The Bertz CT molecular complexity index is 780. The van der Waals surface area contributed by atoms with Gasteiger partial charge < -0.3 is 20.1 Å². The highest BCUT2D eigenvalue weighted by Gasteiger charge is 2.34. The number of nitrogens with two attached hydrogens (primary N) is 1. The van der Waals surface area contributed by atoms with Crippen molar-refractivity contribution in [1.29, 1.82) is 0 Å². The molecule has 28 heavy (non-hydrogen) atoms. The first kappa shape index (κ1) is 22.1. The van der Waals surface area contributed by atoms with Gasteiger partial charge in [-0.25, -0.2) is 0 Å². The standard InChI is InChI=1S/C19H27N5O3.ClH/c1-13-10-15(11-20)12-23(13)19(25)18-14(2)21-24(22-18)16-4-6-17(7-5-16)27-9-8-26-3;/h4-7,13,15H,8-12,20H2,1-3H3;1H. The van der Waals surface area contributed by atoms with E-state index in [0.717, 1.165) is 17.9 Å². The van der Waals surface area contributed by atoms with E-state index in [9.17, 15) is 4.79 Å². The summed E-state index contributed by atoms with van der Waals surface area (Å²) >= 11 is 0. The van der Waals surface area contributed by atoms with E-state index in [-0.39, 0.29) is 24.4 Å². The maximum absolute atomic E-state index is 12.9. The number of carbonyl (C=O) groups is 1. The second-order valence-corrected chi connectivity index (χ2v) is 6.90. The minimum Gasteiger partial charge on any atom is -0.491 e. The number of hydrogen-bond donors (Lipinski definition) is 1. The number of aromatic nitrogens is 3. The van der Waals surface area contributed by atoms with E-state index in [2.05, 4.69) is 17.1 Å². The summed E-state index contributed by atoms with van der Waals surface area (Å²) in [4.78, 5) is 16.3. The van der Waals surface area contributed by atoms with Crippen LogP contribution in [-0.2, 0) is 4.74 Å². The lowest BCUT2D eigenvalue weighted by atomic mass is 10.1. The average Bonchev–Trinajstić information content (AvgIpc) is 3.24. The molecule has 2 N–H and O–H groups in total. The lowest BCUT2D eigenvalue weighted by Crippen LogP contribution is -2.35. The zero-order chi connectivity index (χ0) is 19.4. The summed E-state index contributed by atoms with van der Waals surface area (Å²) in [5.41, 5.74) is 7.54. The fraction of sp³-hybridized carbons (Fsp3) is 0.526.